The van der Waals surface area contributed by atoms with E-state index in [0.717, 1.165) is 0 Å². The lowest BCUT2D eigenvalue weighted by molar-refractivity contribution is -0.148. The molecule has 7 heteroatoms. The van der Waals surface area contributed by atoms with Gasteiger partial charge in [-0.15, -0.1) is 11.8 Å². The third-order valence-corrected chi connectivity index (χ3v) is 5.32. The van der Waals surface area contributed by atoms with Crippen molar-refractivity contribution in [2.24, 2.45) is 0 Å². The van der Waals surface area contributed by atoms with Gasteiger partial charge in [0.05, 0.1) is 6.42 Å². The third kappa shape index (κ3) is 3.82. The van der Waals surface area contributed by atoms with Crippen LogP contribution in [0.4, 0.5) is 8.78 Å². The maximum Gasteiger partial charge on any atom is 0.327 e. The number of thioether (sulfide) groups is 1. The van der Waals surface area contributed by atoms with Crippen molar-refractivity contribution < 1.29 is 23.5 Å². The van der Waals surface area contributed by atoms with E-state index in [0.29, 0.717) is 11.1 Å². The number of amides is 1. The summed E-state index contributed by atoms with van der Waals surface area (Å²) in [7, 11) is 0. The molecular formula is C18H15F2NO3S. The van der Waals surface area contributed by atoms with Crippen molar-refractivity contribution >= 4 is 23.6 Å². The van der Waals surface area contributed by atoms with Crippen LogP contribution in [-0.2, 0) is 16.0 Å². The number of carbonyl (C=O) groups is 2. The summed E-state index contributed by atoms with van der Waals surface area (Å²) in [6.07, 6.45) is -0.0255. The fourth-order valence-corrected chi connectivity index (χ4v) is 4.20. The predicted molar refractivity (Wildman–Crippen MR) is 90.0 cm³/mol. The number of carboxylic acid groups (broad SMARTS) is 1. The zero-order chi connectivity index (χ0) is 18.0. The van der Waals surface area contributed by atoms with Crippen LogP contribution in [0.1, 0.15) is 16.5 Å². The van der Waals surface area contributed by atoms with Crippen LogP contribution in [-0.4, -0.2) is 33.7 Å². The predicted octanol–water partition coefficient (Wildman–Crippen LogP) is 3.23. The van der Waals surface area contributed by atoms with E-state index >= 15 is 0 Å². The van der Waals surface area contributed by atoms with Gasteiger partial charge >= 0.3 is 5.97 Å². The second kappa shape index (κ2) is 7.23. The van der Waals surface area contributed by atoms with Crippen LogP contribution in [0.3, 0.4) is 0 Å². The highest BCUT2D eigenvalue weighted by atomic mass is 32.2. The first-order valence-electron chi connectivity index (χ1n) is 7.61. The van der Waals surface area contributed by atoms with Gasteiger partial charge in [0.15, 0.2) is 0 Å². The average Bonchev–Trinajstić information content (AvgIpc) is 3.03. The number of rotatable bonds is 4. The van der Waals surface area contributed by atoms with Crippen LogP contribution >= 0.6 is 11.8 Å². The highest BCUT2D eigenvalue weighted by Gasteiger charge is 2.42. The van der Waals surface area contributed by atoms with Gasteiger partial charge in [-0.1, -0.05) is 24.3 Å². The van der Waals surface area contributed by atoms with Crippen molar-refractivity contribution in [3.8, 4) is 0 Å². The number of benzene rings is 2. The summed E-state index contributed by atoms with van der Waals surface area (Å²) in [5.41, 5.74) is 1.27. The summed E-state index contributed by atoms with van der Waals surface area (Å²) in [5.74, 6) is -1.99. The summed E-state index contributed by atoms with van der Waals surface area (Å²) in [6.45, 7) is 0. The van der Waals surface area contributed by atoms with Gasteiger partial charge in [0.2, 0.25) is 5.91 Å². The minimum Gasteiger partial charge on any atom is -0.480 e. The van der Waals surface area contributed by atoms with Crippen molar-refractivity contribution in [3.05, 3.63) is 71.3 Å². The molecule has 1 fully saturated rings. The van der Waals surface area contributed by atoms with Crippen molar-refractivity contribution in [2.45, 2.75) is 17.8 Å². The number of hydrogen-bond donors (Lipinski definition) is 1. The van der Waals surface area contributed by atoms with Crippen LogP contribution in [0.2, 0.25) is 0 Å². The average molecular weight is 363 g/mol. The SMILES string of the molecule is O=C(O)C1CSC(c2ccc(F)cc2)N1C(=O)Cc1ccc(F)cc1. The van der Waals surface area contributed by atoms with Crippen LogP contribution < -0.4 is 0 Å². The van der Waals surface area contributed by atoms with Gasteiger partial charge in [-0.2, -0.15) is 0 Å². The first-order chi connectivity index (χ1) is 12.0. The van der Waals surface area contributed by atoms with Gasteiger partial charge in [-0.05, 0) is 35.4 Å². The van der Waals surface area contributed by atoms with Gasteiger partial charge in [-0.25, -0.2) is 13.6 Å². The summed E-state index contributed by atoms with van der Waals surface area (Å²) >= 11 is 1.33. The molecule has 0 aromatic heterocycles. The van der Waals surface area contributed by atoms with E-state index in [9.17, 15) is 23.5 Å². The Kier molecular flexibility index (Phi) is 5.03. The molecule has 0 spiro atoms. The topological polar surface area (TPSA) is 57.6 Å². The molecule has 2 unspecified atom stereocenters. The molecule has 1 heterocycles. The van der Waals surface area contributed by atoms with Gasteiger partial charge in [0.1, 0.15) is 23.1 Å². The molecule has 1 aliphatic heterocycles. The largest absolute Gasteiger partial charge is 0.480 e. The Morgan fingerprint density at radius 2 is 1.60 bits per heavy atom. The number of carbonyl (C=O) groups excluding carboxylic acids is 1. The molecule has 0 aliphatic carbocycles. The molecular weight excluding hydrogens is 348 g/mol. The Bertz CT molecular complexity index is 780. The molecule has 1 amide bonds. The van der Waals surface area contributed by atoms with Gasteiger partial charge < -0.3 is 10.0 Å². The molecule has 130 valence electrons. The van der Waals surface area contributed by atoms with Gasteiger partial charge in [-0.3, -0.25) is 4.79 Å². The van der Waals surface area contributed by atoms with Crippen LogP contribution in [0.5, 0.6) is 0 Å². The Morgan fingerprint density at radius 1 is 1.04 bits per heavy atom. The summed E-state index contributed by atoms with van der Waals surface area (Å²) in [5, 5.41) is 8.94. The number of halogens is 2. The fourth-order valence-electron chi connectivity index (χ4n) is 2.75. The summed E-state index contributed by atoms with van der Waals surface area (Å²) < 4.78 is 26.1. The second-order valence-corrected chi connectivity index (χ2v) is 6.81. The lowest BCUT2D eigenvalue weighted by Crippen LogP contribution is -2.43. The van der Waals surface area contributed by atoms with Crippen molar-refractivity contribution in [1.29, 1.82) is 0 Å². The van der Waals surface area contributed by atoms with Crippen LogP contribution in [0.15, 0.2) is 48.5 Å². The molecule has 0 radical (unpaired) electrons. The summed E-state index contributed by atoms with van der Waals surface area (Å²) in [6, 6.07) is 10.2. The highest BCUT2D eigenvalue weighted by Crippen LogP contribution is 2.41. The van der Waals surface area contributed by atoms with Crippen LogP contribution in [0, 0.1) is 11.6 Å². The molecule has 2 aromatic rings. The Labute approximate surface area is 147 Å². The number of hydrogen-bond acceptors (Lipinski definition) is 3. The monoisotopic (exact) mass is 363 g/mol. The zero-order valence-corrected chi connectivity index (χ0v) is 13.9. The van der Waals surface area contributed by atoms with E-state index in [-0.39, 0.29) is 18.1 Å². The maximum absolute atomic E-state index is 13.1. The second-order valence-electron chi connectivity index (χ2n) is 5.70. The fraction of sp³-hybridized carbons (Fsp3) is 0.222. The third-order valence-electron chi connectivity index (χ3n) is 4.00. The molecule has 4 nitrogen and oxygen atoms in total. The molecule has 0 bridgehead atoms. The Balaban J connectivity index is 1.86. The standard InChI is InChI=1S/C18H15F2NO3S/c19-13-5-1-11(2-6-13)9-16(22)21-15(18(23)24)10-25-17(21)12-3-7-14(20)8-4-12/h1-8,15,17H,9-10H2,(H,23,24). The molecule has 0 saturated carbocycles. The molecule has 25 heavy (non-hydrogen) atoms. The van der Waals surface area contributed by atoms with Crippen molar-refractivity contribution in [3.63, 3.8) is 0 Å². The molecule has 1 saturated heterocycles. The minimum absolute atomic E-state index is 0.0255. The van der Waals surface area contributed by atoms with Crippen molar-refractivity contribution in [2.75, 3.05) is 5.75 Å². The van der Waals surface area contributed by atoms with E-state index < -0.39 is 29.0 Å². The maximum atomic E-state index is 13.1. The molecule has 3 rings (SSSR count). The normalized spacial score (nSPS) is 19.8. The highest BCUT2D eigenvalue weighted by molar-refractivity contribution is 7.99. The molecule has 1 N–H and O–H groups in total. The first kappa shape index (κ1) is 17.4. The molecule has 2 aromatic carbocycles. The van der Waals surface area contributed by atoms with E-state index in [1.807, 2.05) is 0 Å². The quantitative estimate of drug-likeness (QED) is 0.906. The minimum atomic E-state index is -1.08. The van der Waals surface area contributed by atoms with E-state index in [2.05, 4.69) is 0 Å². The van der Waals surface area contributed by atoms with E-state index in [1.165, 1.54) is 53.1 Å². The lowest BCUT2D eigenvalue weighted by Gasteiger charge is -2.27. The molecule has 1 aliphatic rings. The Hall–Kier alpha value is -2.41. The van der Waals surface area contributed by atoms with Crippen molar-refractivity contribution in [1.82, 2.24) is 4.90 Å². The Morgan fingerprint density at radius 3 is 2.16 bits per heavy atom. The van der Waals surface area contributed by atoms with E-state index in [1.54, 1.807) is 12.1 Å². The number of nitrogens with zero attached hydrogens (tertiary/aromatic N) is 1. The van der Waals surface area contributed by atoms with Gasteiger partial charge in [0.25, 0.3) is 0 Å². The summed E-state index contributed by atoms with van der Waals surface area (Å²) in [4.78, 5) is 25.6. The first-order valence-corrected chi connectivity index (χ1v) is 8.66. The molecule has 2 atom stereocenters. The zero-order valence-electron chi connectivity index (χ0n) is 13.1. The number of carboxylic acids is 1. The van der Waals surface area contributed by atoms with Gasteiger partial charge in [0, 0.05) is 5.75 Å². The number of aliphatic carboxylic acids is 1. The smallest absolute Gasteiger partial charge is 0.327 e. The van der Waals surface area contributed by atoms with Crippen LogP contribution in [0.25, 0.3) is 0 Å². The lowest BCUT2D eigenvalue weighted by atomic mass is 10.1. The van der Waals surface area contributed by atoms with E-state index in [4.69, 9.17) is 0 Å².